The van der Waals surface area contributed by atoms with Gasteiger partial charge in [-0.2, -0.15) is 17.0 Å². The molecular formula is C16H28N2OS. The van der Waals surface area contributed by atoms with Gasteiger partial charge in [0, 0.05) is 11.3 Å². The fourth-order valence-corrected chi connectivity index (χ4v) is 4.15. The summed E-state index contributed by atoms with van der Waals surface area (Å²) in [5.41, 5.74) is -0.816. The summed E-state index contributed by atoms with van der Waals surface area (Å²) in [7, 11) is 0. The Hall–Kier alpha value is -0.690. The molecule has 0 aliphatic heterocycles. The summed E-state index contributed by atoms with van der Waals surface area (Å²) < 4.78 is 0. The van der Waals surface area contributed by atoms with Gasteiger partial charge in [-0.15, -0.1) is 0 Å². The zero-order valence-electron chi connectivity index (χ0n) is 13.1. The fourth-order valence-electron chi connectivity index (χ4n) is 3.22. The highest BCUT2D eigenvalue weighted by molar-refractivity contribution is 7.99. The number of carbonyl (C=O) groups is 1. The molecule has 1 rings (SSSR count). The van der Waals surface area contributed by atoms with Crippen LogP contribution in [0.2, 0.25) is 0 Å². The van der Waals surface area contributed by atoms with E-state index in [1.165, 1.54) is 19.3 Å². The number of carbonyl (C=O) groups excluding carboxylic acids is 1. The van der Waals surface area contributed by atoms with Gasteiger partial charge in [-0.1, -0.05) is 39.5 Å². The van der Waals surface area contributed by atoms with Crippen molar-refractivity contribution in [2.24, 2.45) is 5.41 Å². The lowest BCUT2D eigenvalue weighted by molar-refractivity contribution is -0.129. The maximum atomic E-state index is 12.7. The second-order valence-corrected chi connectivity index (χ2v) is 6.91. The maximum absolute atomic E-state index is 12.7. The van der Waals surface area contributed by atoms with E-state index in [0.717, 1.165) is 19.3 Å². The van der Waals surface area contributed by atoms with Crippen molar-refractivity contribution < 1.29 is 4.79 Å². The van der Waals surface area contributed by atoms with Crippen LogP contribution >= 0.6 is 11.8 Å². The molecular weight excluding hydrogens is 268 g/mol. The zero-order chi connectivity index (χ0) is 15.0. The van der Waals surface area contributed by atoms with E-state index < -0.39 is 5.41 Å². The first-order valence-electron chi connectivity index (χ1n) is 7.88. The molecule has 0 spiro atoms. The van der Waals surface area contributed by atoms with Crippen molar-refractivity contribution in [3.8, 4) is 6.07 Å². The third-order valence-electron chi connectivity index (χ3n) is 4.32. The predicted molar refractivity (Wildman–Crippen MR) is 85.6 cm³/mol. The molecule has 0 aromatic rings. The number of hydrogen-bond donors (Lipinski definition) is 1. The summed E-state index contributed by atoms with van der Waals surface area (Å²) in [4.78, 5) is 12.7. The van der Waals surface area contributed by atoms with Crippen LogP contribution in [0.4, 0.5) is 0 Å². The molecule has 0 radical (unpaired) electrons. The fraction of sp³-hybridized carbons (Fsp3) is 0.875. The molecule has 114 valence electrons. The number of hydrogen-bond acceptors (Lipinski definition) is 3. The number of rotatable bonds is 7. The third kappa shape index (κ3) is 4.15. The Balaban J connectivity index is 2.77. The quantitative estimate of drug-likeness (QED) is 0.775. The second-order valence-electron chi connectivity index (χ2n) is 5.83. The number of nitrogens with zero attached hydrogens (tertiary/aromatic N) is 1. The highest BCUT2D eigenvalue weighted by atomic mass is 32.2. The minimum atomic E-state index is -0.816. The Bertz CT molecular complexity index is 345. The topological polar surface area (TPSA) is 52.9 Å². The number of amides is 1. The van der Waals surface area contributed by atoms with Gasteiger partial charge in [0.2, 0.25) is 5.91 Å². The van der Waals surface area contributed by atoms with Gasteiger partial charge in [0.25, 0.3) is 0 Å². The third-order valence-corrected chi connectivity index (χ3v) is 5.49. The van der Waals surface area contributed by atoms with Crippen molar-refractivity contribution in [2.45, 2.75) is 76.5 Å². The first kappa shape index (κ1) is 17.4. The number of nitriles is 1. The molecule has 1 fully saturated rings. The second kappa shape index (κ2) is 8.56. The first-order chi connectivity index (χ1) is 9.63. The van der Waals surface area contributed by atoms with E-state index in [1.807, 2.05) is 25.6 Å². The van der Waals surface area contributed by atoms with Crippen molar-refractivity contribution in [3.63, 3.8) is 0 Å². The molecule has 2 atom stereocenters. The Kier molecular flexibility index (Phi) is 7.43. The number of thioether (sulfide) groups is 1. The van der Waals surface area contributed by atoms with Crippen LogP contribution in [0.1, 0.15) is 65.2 Å². The molecule has 1 saturated carbocycles. The Morgan fingerprint density at radius 1 is 1.30 bits per heavy atom. The maximum Gasteiger partial charge on any atom is 0.240 e. The largest absolute Gasteiger partial charge is 0.351 e. The molecule has 0 aromatic carbocycles. The van der Waals surface area contributed by atoms with Gasteiger partial charge < -0.3 is 5.32 Å². The van der Waals surface area contributed by atoms with Crippen LogP contribution in [0.25, 0.3) is 0 Å². The monoisotopic (exact) mass is 296 g/mol. The molecule has 0 saturated heterocycles. The van der Waals surface area contributed by atoms with E-state index in [2.05, 4.69) is 17.6 Å². The molecule has 1 aliphatic rings. The lowest BCUT2D eigenvalue weighted by Crippen LogP contribution is -2.49. The normalized spacial score (nSPS) is 23.1. The van der Waals surface area contributed by atoms with Crippen LogP contribution in [0.5, 0.6) is 0 Å². The summed E-state index contributed by atoms with van der Waals surface area (Å²) in [6.07, 6.45) is 9.86. The molecule has 1 N–H and O–H groups in total. The van der Waals surface area contributed by atoms with Crippen molar-refractivity contribution in [1.29, 1.82) is 5.26 Å². The first-order valence-corrected chi connectivity index (χ1v) is 9.17. The molecule has 0 aromatic heterocycles. The minimum Gasteiger partial charge on any atom is -0.351 e. The molecule has 3 nitrogen and oxygen atoms in total. The van der Waals surface area contributed by atoms with E-state index in [-0.39, 0.29) is 11.9 Å². The van der Waals surface area contributed by atoms with E-state index >= 15 is 0 Å². The average Bonchev–Trinajstić information content (AvgIpc) is 2.47. The highest BCUT2D eigenvalue weighted by Gasteiger charge is 2.39. The van der Waals surface area contributed by atoms with Crippen molar-refractivity contribution >= 4 is 17.7 Å². The van der Waals surface area contributed by atoms with Gasteiger partial charge in [0.05, 0.1) is 6.07 Å². The molecule has 1 amide bonds. The Labute approximate surface area is 127 Å². The Morgan fingerprint density at radius 2 is 1.90 bits per heavy atom. The van der Waals surface area contributed by atoms with Crippen molar-refractivity contribution in [1.82, 2.24) is 5.32 Å². The summed E-state index contributed by atoms with van der Waals surface area (Å²) in [6.45, 7) is 4.08. The molecule has 0 bridgehead atoms. The lowest BCUT2D eigenvalue weighted by atomic mass is 9.79. The standard InChI is InChI=1S/C16H28N2OS/c1-4-10-16(12-17,11-5-2)15(19)18-13-8-6-7-9-14(13)20-3/h13-14H,4-11H2,1-3H3,(H,18,19). The molecule has 1 aliphatic carbocycles. The molecule has 4 heteroatoms. The lowest BCUT2D eigenvalue weighted by Gasteiger charge is -2.34. The van der Waals surface area contributed by atoms with Gasteiger partial charge >= 0.3 is 0 Å². The highest BCUT2D eigenvalue weighted by Crippen LogP contribution is 2.32. The van der Waals surface area contributed by atoms with Gasteiger partial charge in [0.15, 0.2) is 0 Å². The van der Waals surface area contributed by atoms with E-state index in [9.17, 15) is 10.1 Å². The minimum absolute atomic E-state index is 0.0327. The van der Waals surface area contributed by atoms with Gasteiger partial charge in [-0.25, -0.2) is 0 Å². The smallest absolute Gasteiger partial charge is 0.240 e. The SMILES string of the molecule is CCCC(C#N)(CCC)C(=O)NC1CCCCC1SC. The van der Waals surface area contributed by atoms with Crippen molar-refractivity contribution in [2.75, 3.05) is 6.26 Å². The molecule has 20 heavy (non-hydrogen) atoms. The van der Waals surface area contributed by atoms with E-state index in [0.29, 0.717) is 18.1 Å². The van der Waals surface area contributed by atoms with Gasteiger partial charge in [0.1, 0.15) is 5.41 Å². The van der Waals surface area contributed by atoms with Crippen LogP contribution in [0.3, 0.4) is 0 Å². The van der Waals surface area contributed by atoms with Crippen LogP contribution in [0, 0.1) is 16.7 Å². The summed E-state index contributed by atoms with van der Waals surface area (Å²) in [5, 5.41) is 13.3. The van der Waals surface area contributed by atoms with Crippen LogP contribution in [-0.2, 0) is 4.79 Å². The summed E-state index contributed by atoms with van der Waals surface area (Å²) >= 11 is 1.84. The van der Waals surface area contributed by atoms with Crippen LogP contribution in [-0.4, -0.2) is 23.5 Å². The Morgan fingerprint density at radius 3 is 2.40 bits per heavy atom. The molecule has 0 heterocycles. The molecule has 2 unspecified atom stereocenters. The predicted octanol–water partition coefficient (Wildman–Crippen LogP) is 3.89. The van der Waals surface area contributed by atoms with Gasteiger partial charge in [-0.05, 0) is 31.9 Å². The van der Waals surface area contributed by atoms with Crippen molar-refractivity contribution in [3.05, 3.63) is 0 Å². The van der Waals surface area contributed by atoms with Crippen LogP contribution in [0.15, 0.2) is 0 Å². The van der Waals surface area contributed by atoms with Crippen LogP contribution < -0.4 is 5.32 Å². The summed E-state index contributed by atoms with van der Waals surface area (Å²) in [5.74, 6) is -0.0327. The van der Waals surface area contributed by atoms with Gasteiger partial charge in [-0.3, -0.25) is 4.79 Å². The average molecular weight is 296 g/mol. The zero-order valence-corrected chi connectivity index (χ0v) is 13.9. The number of nitrogens with one attached hydrogen (secondary N) is 1. The van der Waals surface area contributed by atoms with E-state index in [1.54, 1.807) is 0 Å². The summed E-state index contributed by atoms with van der Waals surface area (Å²) in [6, 6.07) is 2.56. The van der Waals surface area contributed by atoms with E-state index in [4.69, 9.17) is 0 Å².